The lowest BCUT2D eigenvalue weighted by Crippen LogP contribution is -2.22. The normalized spacial score (nSPS) is 13.9. The fraction of sp³-hybridized carbons (Fsp3) is 0.467. The third kappa shape index (κ3) is 3.41. The Labute approximate surface area is 152 Å². The van der Waals surface area contributed by atoms with Crippen molar-refractivity contribution in [3.8, 4) is 0 Å². The van der Waals surface area contributed by atoms with Gasteiger partial charge >= 0.3 is 5.97 Å². The predicted octanol–water partition coefficient (Wildman–Crippen LogP) is 2.51. The zero-order valence-electron chi connectivity index (χ0n) is 14.0. The monoisotopic (exact) mass is 387 g/mol. The van der Waals surface area contributed by atoms with Gasteiger partial charge in [0.15, 0.2) is 5.69 Å². The number of amides is 1. The molecule has 0 aromatic carbocycles. The zero-order chi connectivity index (χ0) is 19.0. The number of methoxy groups -OCH3 is 1. The fourth-order valence-electron chi connectivity index (χ4n) is 2.67. The second-order valence-corrected chi connectivity index (χ2v) is 6.27. The van der Waals surface area contributed by atoms with Crippen LogP contribution in [0.2, 0.25) is 5.02 Å². The molecular formula is C15H16ClF2N5O3. The molecule has 0 atom stereocenters. The van der Waals surface area contributed by atoms with Crippen LogP contribution in [-0.4, -0.2) is 38.5 Å². The van der Waals surface area contributed by atoms with Crippen LogP contribution in [0.4, 0.5) is 14.5 Å². The molecule has 2 heterocycles. The molecule has 1 N–H and O–H groups in total. The SMILES string of the molecule is COC(=O)c1c(NC(=O)Cn2nc(C(F)F)c(Cl)c2C2CC2)cnn1C. The van der Waals surface area contributed by atoms with E-state index in [0.717, 1.165) is 12.8 Å². The molecular weight excluding hydrogens is 372 g/mol. The van der Waals surface area contributed by atoms with Gasteiger partial charge in [0.1, 0.15) is 12.2 Å². The molecule has 1 aliphatic rings. The molecule has 0 unspecified atom stereocenters. The number of rotatable bonds is 6. The number of aromatic nitrogens is 4. The molecule has 1 aliphatic carbocycles. The Morgan fingerprint density at radius 1 is 1.46 bits per heavy atom. The minimum atomic E-state index is -2.83. The van der Waals surface area contributed by atoms with Crippen LogP contribution in [0.5, 0.6) is 0 Å². The molecule has 1 fully saturated rings. The second kappa shape index (κ2) is 7.02. The van der Waals surface area contributed by atoms with E-state index in [2.05, 4.69) is 20.3 Å². The first-order valence-corrected chi connectivity index (χ1v) is 8.15. The molecule has 11 heteroatoms. The van der Waals surface area contributed by atoms with Gasteiger partial charge in [-0.25, -0.2) is 13.6 Å². The molecule has 1 saturated carbocycles. The lowest BCUT2D eigenvalue weighted by Gasteiger charge is -2.08. The number of halogens is 3. The van der Waals surface area contributed by atoms with Crippen LogP contribution in [0.25, 0.3) is 0 Å². The minimum Gasteiger partial charge on any atom is -0.464 e. The number of anilines is 1. The molecule has 8 nitrogen and oxygen atoms in total. The van der Waals surface area contributed by atoms with Gasteiger partial charge in [-0.15, -0.1) is 0 Å². The van der Waals surface area contributed by atoms with Crippen molar-refractivity contribution in [3.05, 3.63) is 28.3 Å². The number of carbonyl (C=O) groups is 2. The van der Waals surface area contributed by atoms with Crippen molar-refractivity contribution < 1.29 is 23.1 Å². The van der Waals surface area contributed by atoms with Gasteiger partial charge in [-0.05, 0) is 12.8 Å². The molecule has 0 radical (unpaired) electrons. The number of hydrogen-bond acceptors (Lipinski definition) is 5. The number of nitrogens with one attached hydrogen (secondary N) is 1. The third-order valence-corrected chi connectivity index (χ3v) is 4.40. The Kier molecular flexibility index (Phi) is 4.94. The zero-order valence-corrected chi connectivity index (χ0v) is 14.8. The summed E-state index contributed by atoms with van der Waals surface area (Å²) in [7, 11) is 2.73. The molecule has 3 rings (SSSR count). The molecule has 0 saturated heterocycles. The van der Waals surface area contributed by atoms with Crippen molar-refractivity contribution >= 4 is 29.2 Å². The summed E-state index contributed by atoms with van der Waals surface area (Å²) < 4.78 is 33.2. The van der Waals surface area contributed by atoms with Crippen LogP contribution < -0.4 is 5.32 Å². The summed E-state index contributed by atoms with van der Waals surface area (Å²) in [5.41, 5.74) is 0.134. The number of hydrogen-bond donors (Lipinski definition) is 1. The third-order valence-electron chi connectivity index (χ3n) is 4.01. The highest BCUT2D eigenvalue weighted by atomic mass is 35.5. The van der Waals surface area contributed by atoms with Gasteiger partial charge in [-0.2, -0.15) is 10.2 Å². The number of carbonyl (C=O) groups excluding carboxylic acids is 2. The number of nitrogens with zero attached hydrogens (tertiary/aromatic N) is 4. The Balaban J connectivity index is 1.81. The summed E-state index contributed by atoms with van der Waals surface area (Å²) in [5.74, 6) is -1.19. The molecule has 26 heavy (non-hydrogen) atoms. The van der Waals surface area contributed by atoms with Crippen molar-refractivity contribution in [2.45, 2.75) is 31.7 Å². The molecule has 140 valence electrons. The maximum atomic E-state index is 13.0. The van der Waals surface area contributed by atoms with Gasteiger partial charge in [-0.1, -0.05) is 11.6 Å². The minimum absolute atomic E-state index is 0.0272. The molecule has 0 spiro atoms. The summed E-state index contributed by atoms with van der Waals surface area (Å²) in [5, 5.41) is 10.1. The maximum Gasteiger partial charge on any atom is 0.358 e. The predicted molar refractivity (Wildman–Crippen MR) is 87.3 cm³/mol. The highest BCUT2D eigenvalue weighted by Crippen LogP contribution is 2.45. The van der Waals surface area contributed by atoms with E-state index in [1.807, 2.05) is 0 Å². The largest absolute Gasteiger partial charge is 0.464 e. The standard InChI is InChI=1S/C15H16ClF2N5O3/c1-22-13(15(25)26-2)8(5-19-22)20-9(24)6-23-12(7-3-4-7)10(16)11(21-23)14(17)18/h5,7,14H,3-4,6H2,1-2H3,(H,20,24). The van der Waals surface area contributed by atoms with Crippen molar-refractivity contribution in [1.29, 1.82) is 0 Å². The first kappa shape index (κ1) is 18.3. The van der Waals surface area contributed by atoms with Crippen LogP contribution in [0.3, 0.4) is 0 Å². The molecule has 0 bridgehead atoms. The number of alkyl halides is 2. The van der Waals surface area contributed by atoms with E-state index >= 15 is 0 Å². The van der Waals surface area contributed by atoms with E-state index in [0.29, 0.717) is 5.69 Å². The quantitative estimate of drug-likeness (QED) is 0.769. The highest BCUT2D eigenvalue weighted by molar-refractivity contribution is 6.32. The number of aryl methyl sites for hydroxylation is 1. The van der Waals surface area contributed by atoms with E-state index in [9.17, 15) is 18.4 Å². The highest BCUT2D eigenvalue weighted by Gasteiger charge is 2.34. The Hall–Kier alpha value is -2.49. The van der Waals surface area contributed by atoms with Crippen LogP contribution in [-0.2, 0) is 23.1 Å². The summed E-state index contributed by atoms with van der Waals surface area (Å²) >= 11 is 6.02. The average molecular weight is 388 g/mol. The van der Waals surface area contributed by atoms with Crippen LogP contribution in [0.15, 0.2) is 6.20 Å². The summed E-state index contributed by atoms with van der Waals surface area (Å²) in [4.78, 5) is 24.1. The Bertz CT molecular complexity index is 860. The first-order valence-electron chi connectivity index (χ1n) is 7.77. The van der Waals surface area contributed by atoms with Gasteiger partial charge in [0.05, 0.1) is 29.7 Å². The molecule has 1 amide bonds. The van der Waals surface area contributed by atoms with Crippen LogP contribution in [0.1, 0.15) is 47.1 Å². The number of ether oxygens (including phenoxy) is 1. The van der Waals surface area contributed by atoms with Crippen LogP contribution in [0, 0.1) is 0 Å². The molecule has 2 aromatic heterocycles. The van der Waals surface area contributed by atoms with E-state index in [-0.39, 0.29) is 28.9 Å². The Morgan fingerprint density at radius 3 is 2.73 bits per heavy atom. The molecule has 2 aromatic rings. The Morgan fingerprint density at radius 2 is 2.15 bits per heavy atom. The van der Waals surface area contributed by atoms with Crippen molar-refractivity contribution in [2.75, 3.05) is 12.4 Å². The van der Waals surface area contributed by atoms with Crippen molar-refractivity contribution in [3.63, 3.8) is 0 Å². The van der Waals surface area contributed by atoms with Gasteiger partial charge in [-0.3, -0.25) is 14.2 Å². The topological polar surface area (TPSA) is 91.0 Å². The lowest BCUT2D eigenvalue weighted by atomic mass is 10.2. The summed E-state index contributed by atoms with van der Waals surface area (Å²) in [6.07, 6.45) is 0.0935. The van der Waals surface area contributed by atoms with E-state index in [1.54, 1.807) is 0 Å². The molecule has 0 aliphatic heterocycles. The smallest absolute Gasteiger partial charge is 0.358 e. The van der Waals surface area contributed by atoms with Gasteiger partial charge in [0.25, 0.3) is 6.43 Å². The van der Waals surface area contributed by atoms with Crippen molar-refractivity contribution in [2.24, 2.45) is 7.05 Å². The van der Waals surface area contributed by atoms with Crippen molar-refractivity contribution in [1.82, 2.24) is 19.6 Å². The number of esters is 1. The van der Waals surface area contributed by atoms with Gasteiger partial charge in [0.2, 0.25) is 5.91 Å². The van der Waals surface area contributed by atoms with E-state index < -0.39 is 24.0 Å². The van der Waals surface area contributed by atoms with E-state index in [4.69, 9.17) is 11.6 Å². The average Bonchev–Trinajstić information content (AvgIpc) is 3.27. The first-order chi connectivity index (χ1) is 12.3. The fourth-order valence-corrected chi connectivity index (χ4v) is 3.04. The summed E-state index contributed by atoms with van der Waals surface area (Å²) in [6.45, 7) is -0.312. The van der Waals surface area contributed by atoms with Gasteiger partial charge in [0, 0.05) is 13.0 Å². The maximum absolute atomic E-state index is 13.0. The lowest BCUT2D eigenvalue weighted by molar-refractivity contribution is -0.117. The van der Waals surface area contributed by atoms with E-state index in [1.165, 1.54) is 29.7 Å². The van der Waals surface area contributed by atoms with Gasteiger partial charge < -0.3 is 10.1 Å². The summed E-state index contributed by atoms with van der Waals surface area (Å²) in [6, 6.07) is 0. The second-order valence-electron chi connectivity index (χ2n) is 5.89. The van der Waals surface area contributed by atoms with Crippen LogP contribution >= 0.6 is 11.6 Å².